The summed E-state index contributed by atoms with van der Waals surface area (Å²) in [6.07, 6.45) is 3.69. The van der Waals surface area contributed by atoms with Gasteiger partial charge in [-0.3, -0.25) is 4.79 Å². The van der Waals surface area contributed by atoms with E-state index in [0.717, 1.165) is 17.7 Å². The number of phenols is 2. The van der Waals surface area contributed by atoms with Crippen molar-refractivity contribution in [3.8, 4) is 17.2 Å². The molecule has 5 heteroatoms. The molecule has 1 amide bonds. The van der Waals surface area contributed by atoms with Gasteiger partial charge in [0.1, 0.15) is 5.75 Å². The molecular weight excluding hydrogens is 294 g/mol. The molecule has 0 heterocycles. The smallest absolute Gasteiger partial charge is 0.244 e. The second kappa shape index (κ2) is 7.89. The molecule has 0 saturated carbocycles. The molecule has 0 aliphatic carbocycles. The lowest BCUT2D eigenvalue weighted by Gasteiger charge is -2.04. The summed E-state index contributed by atoms with van der Waals surface area (Å²) in [4.78, 5) is 11.7. The van der Waals surface area contributed by atoms with Crippen LogP contribution in [0.2, 0.25) is 0 Å². The van der Waals surface area contributed by atoms with Crippen molar-refractivity contribution in [2.45, 2.75) is 6.42 Å². The summed E-state index contributed by atoms with van der Waals surface area (Å²) in [7, 11) is 1.62. The van der Waals surface area contributed by atoms with Crippen molar-refractivity contribution in [3.63, 3.8) is 0 Å². The Hall–Kier alpha value is -2.95. The third kappa shape index (κ3) is 5.07. The molecule has 0 aliphatic heterocycles. The number of hydrogen-bond donors (Lipinski definition) is 3. The van der Waals surface area contributed by atoms with Crippen LogP contribution in [-0.2, 0) is 11.2 Å². The van der Waals surface area contributed by atoms with Crippen molar-refractivity contribution in [1.29, 1.82) is 0 Å². The zero-order chi connectivity index (χ0) is 16.7. The number of phenolic OH excluding ortho intramolecular Hbond substituents is 2. The molecule has 120 valence electrons. The number of carbonyl (C=O) groups excluding carboxylic acids is 1. The molecule has 23 heavy (non-hydrogen) atoms. The first-order chi connectivity index (χ1) is 11.1. The van der Waals surface area contributed by atoms with Crippen LogP contribution in [0.25, 0.3) is 6.08 Å². The number of benzene rings is 2. The maximum atomic E-state index is 11.7. The van der Waals surface area contributed by atoms with Crippen LogP contribution in [0.5, 0.6) is 17.2 Å². The molecule has 0 saturated heterocycles. The van der Waals surface area contributed by atoms with Crippen molar-refractivity contribution < 1.29 is 19.7 Å². The number of carbonyl (C=O) groups is 1. The summed E-state index contributed by atoms with van der Waals surface area (Å²) < 4.78 is 5.09. The number of aromatic hydroxyl groups is 2. The first-order valence-corrected chi connectivity index (χ1v) is 7.19. The monoisotopic (exact) mass is 313 g/mol. The van der Waals surface area contributed by atoms with E-state index in [2.05, 4.69) is 5.32 Å². The van der Waals surface area contributed by atoms with Gasteiger partial charge in [-0.2, -0.15) is 0 Å². The standard InChI is InChI=1S/C18H19NO4/c1-23-15-6-2-13(3-7-15)10-11-19-18(22)9-5-14-4-8-16(20)17(21)12-14/h2-9,12,20-21H,10-11H2,1H3,(H,19,22). The maximum absolute atomic E-state index is 11.7. The zero-order valence-corrected chi connectivity index (χ0v) is 12.8. The number of rotatable bonds is 6. The van der Waals surface area contributed by atoms with Gasteiger partial charge < -0.3 is 20.3 Å². The van der Waals surface area contributed by atoms with Gasteiger partial charge in [0.05, 0.1) is 7.11 Å². The number of hydrogen-bond acceptors (Lipinski definition) is 4. The van der Waals surface area contributed by atoms with Crippen LogP contribution in [0, 0.1) is 0 Å². The fourth-order valence-corrected chi connectivity index (χ4v) is 2.00. The highest BCUT2D eigenvalue weighted by molar-refractivity contribution is 5.91. The molecular formula is C18H19NO4. The Kier molecular flexibility index (Phi) is 5.63. The van der Waals surface area contributed by atoms with Crippen LogP contribution in [-0.4, -0.2) is 29.8 Å². The summed E-state index contributed by atoms with van der Waals surface area (Å²) in [5.41, 5.74) is 1.74. The summed E-state index contributed by atoms with van der Waals surface area (Å²) in [6.45, 7) is 0.524. The predicted molar refractivity (Wildman–Crippen MR) is 88.5 cm³/mol. The Morgan fingerprint density at radius 1 is 1.13 bits per heavy atom. The van der Waals surface area contributed by atoms with E-state index < -0.39 is 0 Å². The van der Waals surface area contributed by atoms with Crippen LogP contribution in [0.15, 0.2) is 48.5 Å². The normalized spacial score (nSPS) is 10.7. The molecule has 0 unspecified atom stereocenters. The average molecular weight is 313 g/mol. The van der Waals surface area contributed by atoms with Gasteiger partial charge in [-0.1, -0.05) is 18.2 Å². The minimum absolute atomic E-state index is 0.189. The van der Waals surface area contributed by atoms with Gasteiger partial charge in [-0.05, 0) is 47.9 Å². The molecule has 3 N–H and O–H groups in total. The van der Waals surface area contributed by atoms with E-state index in [1.165, 1.54) is 18.2 Å². The van der Waals surface area contributed by atoms with E-state index in [-0.39, 0.29) is 17.4 Å². The summed E-state index contributed by atoms with van der Waals surface area (Å²) in [5, 5.41) is 21.4. The van der Waals surface area contributed by atoms with Gasteiger partial charge >= 0.3 is 0 Å². The number of nitrogens with one attached hydrogen (secondary N) is 1. The van der Waals surface area contributed by atoms with E-state index in [1.807, 2.05) is 24.3 Å². The minimum Gasteiger partial charge on any atom is -0.504 e. The highest BCUT2D eigenvalue weighted by Gasteiger charge is 2.00. The highest BCUT2D eigenvalue weighted by Crippen LogP contribution is 2.25. The van der Waals surface area contributed by atoms with Crippen molar-refractivity contribution in [2.75, 3.05) is 13.7 Å². The number of methoxy groups -OCH3 is 1. The third-order valence-electron chi connectivity index (χ3n) is 3.30. The summed E-state index contributed by atoms with van der Waals surface area (Å²) in [6, 6.07) is 12.0. The lowest BCUT2D eigenvalue weighted by molar-refractivity contribution is -0.116. The van der Waals surface area contributed by atoms with E-state index in [0.29, 0.717) is 12.1 Å². The highest BCUT2D eigenvalue weighted by atomic mass is 16.5. The lowest BCUT2D eigenvalue weighted by atomic mass is 10.1. The van der Waals surface area contributed by atoms with Gasteiger partial charge in [0, 0.05) is 12.6 Å². The van der Waals surface area contributed by atoms with Gasteiger partial charge in [0.25, 0.3) is 0 Å². The number of amides is 1. The van der Waals surface area contributed by atoms with Crippen molar-refractivity contribution in [1.82, 2.24) is 5.32 Å². The van der Waals surface area contributed by atoms with Crippen LogP contribution in [0.1, 0.15) is 11.1 Å². The molecule has 2 aromatic carbocycles. The van der Waals surface area contributed by atoms with Gasteiger partial charge in [0.15, 0.2) is 11.5 Å². The Labute approximate surface area is 134 Å². The fourth-order valence-electron chi connectivity index (χ4n) is 2.00. The number of ether oxygens (including phenoxy) is 1. The maximum Gasteiger partial charge on any atom is 0.244 e. The molecule has 0 aliphatic rings. The molecule has 2 aromatic rings. The van der Waals surface area contributed by atoms with Crippen molar-refractivity contribution in [3.05, 3.63) is 59.7 Å². The van der Waals surface area contributed by atoms with E-state index in [4.69, 9.17) is 4.74 Å². The van der Waals surface area contributed by atoms with Crippen molar-refractivity contribution >= 4 is 12.0 Å². The molecule has 0 aromatic heterocycles. The second-order valence-corrected chi connectivity index (χ2v) is 4.97. The molecule has 5 nitrogen and oxygen atoms in total. The van der Waals surface area contributed by atoms with Crippen LogP contribution in [0.3, 0.4) is 0 Å². The molecule has 2 rings (SSSR count). The van der Waals surface area contributed by atoms with Crippen molar-refractivity contribution in [2.24, 2.45) is 0 Å². The van der Waals surface area contributed by atoms with Gasteiger partial charge in [-0.25, -0.2) is 0 Å². The molecule has 0 atom stereocenters. The Morgan fingerprint density at radius 2 is 1.87 bits per heavy atom. The third-order valence-corrected chi connectivity index (χ3v) is 3.30. The van der Waals surface area contributed by atoms with Gasteiger partial charge in [0.2, 0.25) is 5.91 Å². The zero-order valence-electron chi connectivity index (χ0n) is 12.8. The first-order valence-electron chi connectivity index (χ1n) is 7.19. The van der Waals surface area contributed by atoms with Crippen LogP contribution >= 0.6 is 0 Å². The Balaban J connectivity index is 1.80. The summed E-state index contributed by atoms with van der Waals surface area (Å²) in [5.74, 6) is 0.183. The molecule has 0 radical (unpaired) electrons. The van der Waals surface area contributed by atoms with E-state index in [1.54, 1.807) is 19.3 Å². The predicted octanol–water partition coefficient (Wildman–Crippen LogP) is 2.48. The average Bonchev–Trinajstić information content (AvgIpc) is 2.56. The van der Waals surface area contributed by atoms with E-state index in [9.17, 15) is 15.0 Å². The van der Waals surface area contributed by atoms with Crippen LogP contribution < -0.4 is 10.1 Å². The van der Waals surface area contributed by atoms with Gasteiger partial charge in [-0.15, -0.1) is 0 Å². The molecule has 0 fully saturated rings. The molecule has 0 bridgehead atoms. The molecule has 0 spiro atoms. The first kappa shape index (κ1) is 16.4. The largest absolute Gasteiger partial charge is 0.504 e. The topological polar surface area (TPSA) is 78.8 Å². The van der Waals surface area contributed by atoms with Crippen LogP contribution in [0.4, 0.5) is 0 Å². The summed E-state index contributed by atoms with van der Waals surface area (Å²) >= 11 is 0. The van der Waals surface area contributed by atoms with E-state index >= 15 is 0 Å². The Morgan fingerprint density at radius 3 is 2.52 bits per heavy atom. The fraction of sp³-hybridized carbons (Fsp3) is 0.167. The quantitative estimate of drug-likeness (QED) is 0.565. The minimum atomic E-state index is -0.217. The SMILES string of the molecule is COc1ccc(CCNC(=O)C=Cc2ccc(O)c(O)c2)cc1. The lowest BCUT2D eigenvalue weighted by Crippen LogP contribution is -2.23. The Bertz CT molecular complexity index is 693. The second-order valence-electron chi connectivity index (χ2n) is 4.97.